The highest BCUT2D eigenvalue weighted by molar-refractivity contribution is 7.89. The summed E-state index contributed by atoms with van der Waals surface area (Å²) in [5.41, 5.74) is 4.07. The van der Waals surface area contributed by atoms with Crippen LogP contribution in [0.3, 0.4) is 0 Å². The van der Waals surface area contributed by atoms with Crippen LogP contribution >= 0.6 is 11.3 Å². The van der Waals surface area contributed by atoms with E-state index in [0.717, 1.165) is 11.3 Å². The summed E-state index contributed by atoms with van der Waals surface area (Å²) in [4.78, 5) is 4.62. The van der Waals surface area contributed by atoms with Gasteiger partial charge in [-0.25, -0.2) is 18.5 Å². The second-order valence-corrected chi connectivity index (χ2v) is 9.26. The van der Waals surface area contributed by atoms with E-state index in [0.29, 0.717) is 27.7 Å². The van der Waals surface area contributed by atoms with E-state index in [-0.39, 0.29) is 4.90 Å². The molecular formula is C23H17N3O3S2. The number of aryl methyl sites for hydroxylation is 1. The van der Waals surface area contributed by atoms with E-state index in [4.69, 9.17) is 9.56 Å². The molecule has 0 unspecified atom stereocenters. The topological polar surface area (TPSA) is 110 Å². The number of nitrogens with zero attached hydrogens (tertiary/aromatic N) is 2. The van der Waals surface area contributed by atoms with E-state index in [1.807, 2.05) is 36.6 Å². The first-order valence-electron chi connectivity index (χ1n) is 9.21. The van der Waals surface area contributed by atoms with Gasteiger partial charge >= 0.3 is 0 Å². The summed E-state index contributed by atoms with van der Waals surface area (Å²) in [6.45, 7) is 2.03. The lowest BCUT2D eigenvalue weighted by molar-refractivity contribution is 0.571. The zero-order valence-corrected chi connectivity index (χ0v) is 18.1. The predicted molar refractivity (Wildman–Crippen MR) is 121 cm³/mol. The molecule has 31 heavy (non-hydrogen) atoms. The normalized spacial score (nSPS) is 12.0. The van der Waals surface area contributed by atoms with Crippen LogP contribution in [-0.4, -0.2) is 13.4 Å². The zero-order chi connectivity index (χ0) is 22.0. The molecule has 0 radical (unpaired) electrons. The number of rotatable bonds is 5. The molecule has 8 heteroatoms. The number of allylic oxidation sites excluding steroid dienone is 1. The molecule has 0 aliphatic carbocycles. The van der Waals surface area contributed by atoms with Gasteiger partial charge in [0.1, 0.15) is 22.6 Å². The fourth-order valence-electron chi connectivity index (χ4n) is 2.93. The Balaban J connectivity index is 1.59. The van der Waals surface area contributed by atoms with Crippen molar-refractivity contribution in [1.29, 1.82) is 5.26 Å². The predicted octanol–water partition coefficient (Wildman–Crippen LogP) is 5.09. The van der Waals surface area contributed by atoms with Gasteiger partial charge < -0.3 is 4.42 Å². The quantitative estimate of drug-likeness (QED) is 0.429. The first-order chi connectivity index (χ1) is 14.8. The highest BCUT2D eigenvalue weighted by Crippen LogP contribution is 2.29. The van der Waals surface area contributed by atoms with Crippen LogP contribution in [0, 0.1) is 18.3 Å². The van der Waals surface area contributed by atoms with Crippen LogP contribution in [-0.2, 0) is 10.0 Å². The standard InChI is InChI=1S/C23H17N3O3S2/c1-15-2-4-16(5-3-15)21-14-30-23(26-21)18(13-24)12-19-8-11-22(29-19)17-6-9-20(10-7-17)31(25,27)28/h2-12,14H,1H3,(H2,25,27,28)/b18-12+. The SMILES string of the molecule is Cc1ccc(-c2csc(/C(C#N)=C/c3ccc(-c4ccc(S(N)(=O)=O)cc4)o3)n2)cc1. The van der Waals surface area contributed by atoms with Crippen molar-refractivity contribution in [2.75, 3.05) is 0 Å². The molecule has 0 fully saturated rings. The number of nitriles is 1. The van der Waals surface area contributed by atoms with E-state index < -0.39 is 10.0 Å². The van der Waals surface area contributed by atoms with Crippen LogP contribution in [0.1, 0.15) is 16.3 Å². The van der Waals surface area contributed by atoms with Crippen molar-refractivity contribution in [3.05, 3.63) is 82.4 Å². The number of benzene rings is 2. The van der Waals surface area contributed by atoms with Crippen LogP contribution in [0.5, 0.6) is 0 Å². The number of aromatic nitrogens is 1. The van der Waals surface area contributed by atoms with Gasteiger partial charge in [0.05, 0.1) is 16.2 Å². The molecule has 0 saturated heterocycles. The monoisotopic (exact) mass is 447 g/mol. The van der Waals surface area contributed by atoms with Crippen molar-refractivity contribution in [2.45, 2.75) is 11.8 Å². The van der Waals surface area contributed by atoms with Gasteiger partial charge in [-0.3, -0.25) is 0 Å². The average Bonchev–Trinajstić information content (AvgIpc) is 3.42. The molecule has 0 amide bonds. The van der Waals surface area contributed by atoms with E-state index in [2.05, 4.69) is 11.1 Å². The zero-order valence-electron chi connectivity index (χ0n) is 16.4. The Morgan fingerprint density at radius 1 is 1.06 bits per heavy atom. The molecule has 2 N–H and O–H groups in total. The Hall–Kier alpha value is -3.51. The lowest BCUT2D eigenvalue weighted by Crippen LogP contribution is -2.11. The largest absolute Gasteiger partial charge is 0.457 e. The minimum absolute atomic E-state index is 0.0304. The first kappa shape index (κ1) is 20.8. The van der Waals surface area contributed by atoms with E-state index in [1.54, 1.807) is 30.3 Å². The van der Waals surface area contributed by atoms with Gasteiger partial charge in [0.25, 0.3) is 0 Å². The molecule has 0 spiro atoms. The van der Waals surface area contributed by atoms with Crippen LogP contribution in [0.4, 0.5) is 0 Å². The van der Waals surface area contributed by atoms with E-state index >= 15 is 0 Å². The number of sulfonamides is 1. The number of nitrogens with two attached hydrogens (primary N) is 1. The number of primary sulfonamides is 1. The highest BCUT2D eigenvalue weighted by Gasteiger charge is 2.12. The van der Waals surface area contributed by atoms with E-state index in [9.17, 15) is 13.7 Å². The van der Waals surface area contributed by atoms with Crippen molar-refractivity contribution >= 4 is 33.0 Å². The molecule has 154 valence electrons. The Morgan fingerprint density at radius 3 is 2.39 bits per heavy atom. The van der Waals surface area contributed by atoms with Crippen LogP contribution < -0.4 is 5.14 Å². The van der Waals surface area contributed by atoms with E-state index in [1.165, 1.54) is 29.0 Å². The third kappa shape index (κ3) is 4.64. The van der Waals surface area contributed by atoms with Gasteiger partial charge in [0.15, 0.2) is 0 Å². The van der Waals surface area contributed by atoms with Crippen molar-refractivity contribution in [1.82, 2.24) is 4.98 Å². The second-order valence-electron chi connectivity index (χ2n) is 6.85. The summed E-state index contributed by atoms with van der Waals surface area (Å²) in [6.07, 6.45) is 1.64. The molecule has 0 atom stereocenters. The van der Waals surface area contributed by atoms with Crippen LogP contribution in [0.2, 0.25) is 0 Å². The summed E-state index contributed by atoms with van der Waals surface area (Å²) < 4.78 is 28.6. The number of hydrogen-bond acceptors (Lipinski definition) is 6. The van der Waals surface area contributed by atoms with Gasteiger partial charge in [-0.2, -0.15) is 5.26 Å². The first-order valence-corrected chi connectivity index (χ1v) is 11.6. The Morgan fingerprint density at radius 2 is 1.74 bits per heavy atom. The third-order valence-electron chi connectivity index (χ3n) is 4.58. The molecular weight excluding hydrogens is 430 g/mol. The van der Waals surface area contributed by atoms with Crippen molar-refractivity contribution in [3.8, 4) is 28.7 Å². The maximum absolute atomic E-state index is 11.4. The van der Waals surface area contributed by atoms with Gasteiger partial charge in [-0.05, 0) is 43.3 Å². The highest BCUT2D eigenvalue weighted by atomic mass is 32.2. The second kappa shape index (κ2) is 8.32. The van der Waals surface area contributed by atoms with Crippen molar-refractivity contribution in [3.63, 3.8) is 0 Å². The van der Waals surface area contributed by atoms with Crippen molar-refractivity contribution in [2.24, 2.45) is 5.14 Å². The van der Waals surface area contributed by atoms with Gasteiger partial charge in [0, 0.05) is 22.6 Å². The average molecular weight is 448 g/mol. The van der Waals surface area contributed by atoms with Gasteiger partial charge in [0.2, 0.25) is 10.0 Å². The molecule has 0 bridgehead atoms. The summed E-state index contributed by atoms with van der Waals surface area (Å²) in [5.74, 6) is 1.04. The lowest BCUT2D eigenvalue weighted by atomic mass is 10.1. The number of furan rings is 1. The number of hydrogen-bond donors (Lipinski definition) is 1. The molecule has 2 aromatic carbocycles. The Kier molecular flexibility index (Phi) is 5.57. The molecule has 2 heterocycles. The van der Waals surface area contributed by atoms with Gasteiger partial charge in [-0.1, -0.05) is 29.8 Å². The maximum Gasteiger partial charge on any atom is 0.238 e. The minimum Gasteiger partial charge on any atom is -0.457 e. The van der Waals surface area contributed by atoms with Gasteiger partial charge in [-0.15, -0.1) is 11.3 Å². The number of thiazole rings is 1. The summed E-state index contributed by atoms with van der Waals surface area (Å²) in [5, 5.41) is 17.3. The summed E-state index contributed by atoms with van der Waals surface area (Å²) in [6, 6.07) is 19.8. The molecule has 4 rings (SSSR count). The van der Waals surface area contributed by atoms with Crippen molar-refractivity contribution < 1.29 is 12.8 Å². The molecule has 0 aliphatic heterocycles. The molecule has 0 saturated carbocycles. The van der Waals surface area contributed by atoms with Crippen LogP contribution in [0.15, 0.2) is 75.4 Å². The molecule has 6 nitrogen and oxygen atoms in total. The Labute approximate surface area is 184 Å². The lowest BCUT2D eigenvalue weighted by Gasteiger charge is -2.00. The van der Waals surface area contributed by atoms with Crippen LogP contribution in [0.25, 0.3) is 34.2 Å². The minimum atomic E-state index is -3.75. The summed E-state index contributed by atoms with van der Waals surface area (Å²) >= 11 is 1.40. The molecule has 2 aromatic heterocycles. The summed E-state index contributed by atoms with van der Waals surface area (Å²) in [7, 11) is -3.75. The molecule has 0 aliphatic rings. The smallest absolute Gasteiger partial charge is 0.238 e. The third-order valence-corrected chi connectivity index (χ3v) is 6.39. The fraction of sp³-hybridized carbons (Fsp3) is 0.0435. The maximum atomic E-state index is 11.4. The Bertz CT molecular complexity index is 1410. The molecule has 4 aromatic rings. The fourth-order valence-corrected chi connectivity index (χ4v) is 4.24.